The quantitative estimate of drug-likeness (QED) is 0.575. The molecule has 2 aliphatic rings. The highest BCUT2D eigenvalue weighted by Gasteiger charge is 2.32. The van der Waals surface area contributed by atoms with Crippen molar-refractivity contribution in [1.29, 1.82) is 0 Å². The maximum atomic E-state index is 13.0. The molecule has 1 saturated heterocycles. The summed E-state index contributed by atoms with van der Waals surface area (Å²) in [6.07, 6.45) is 2.23. The van der Waals surface area contributed by atoms with Gasteiger partial charge in [-0.25, -0.2) is 4.79 Å². The molecule has 0 spiro atoms. The number of hydrogen-bond acceptors (Lipinski definition) is 5. The van der Waals surface area contributed by atoms with Crippen molar-refractivity contribution in [2.75, 3.05) is 26.8 Å². The number of benzene rings is 1. The molecule has 1 aromatic rings. The predicted octanol–water partition coefficient (Wildman–Crippen LogP) is 1.56. The van der Waals surface area contributed by atoms with Crippen LogP contribution in [0.15, 0.2) is 18.2 Å². The van der Waals surface area contributed by atoms with Gasteiger partial charge in [0.2, 0.25) is 12.3 Å². The van der Waals surface area contributed by atoms with Crippen molar-refractivity contribution in [3.8, 4) is 5.75 Å². The van der Waals surface area contributed by atoms with Gasteiger partial charge in [-0.2, -0.15) is 13.5 Å². The molecule has 7 nitrogen and oxygen atoms in total. The van der Waals surface area contributed by atoms with Gasteiger partial charge >= 0.3 is 5.97 Å². The summed E-state index contributed by atoms with van der Waals surface area (Å²) in [5.74, 6) is 0.246. The van der Waals surface area contributed by atoms with Crippen molar-refractivity contribution in [3.63, 3.8) is 0 Å². The predicted molar refractivity (Wildman–Crippen MR) is 104 cm³/mol. The number of carbonyl (C=O) groups is 3. The van der Waals surface area contributed by atoms with Crippen molar-refractivity contribution >= 4 is 31.8 Å². The third-order valence-electron chi connectivity index (χ3n) is 5.15. The van der Waals surface area contributed by atoms with E-state index in [9.17, 15) is 14.4 Å². The average Bonchev–Trinajstić information content (AvgIpc) is 2.85. The van der Waals surface area contributed by atoms with Crippen molar-refractivity contribution in [3.05, 3.63) is 29.3 Å². The third kappa shape index (κ3) is 4.55. The lowest BCUT2D eigenvalue weighted by Crippen LogP contribution is -2.46. The Morgan fingerprint density at radius 2 is 1.96 bits per heavy atom. The van der Waals surface area contributed by atoms with Crippen LogP contribution in [-0.2, 0) is 20.9 Å². The third-order valence-corrected chi connectivity index (χ3v) is 5.15. The first-order valence-electron chi connectivity index (χ1n) is 8.87. The van der Waals surface area contributed by atoms with Crippen LogP contribution in [0.4, 0.5) is 0 Å². The first-order chi connectivity index (χ1) is 12.5. The van der Waals surface area contributed by atoms with Crippen molar-refractivity contribution in [1.82, 2.24) is 9.80 Å². The van der Waals surface area contributed by atoms with Gasteiger partial charge in [-0.3, -0.25) is 9.59 Å². The van der Waals surface area contributed by atoms with Gasteiger partial charge in [0, 0.05) is 31.1 Å². The largest absolute Gasteiger partial charge is 0.491 e. The first kappa shape index (κ1) is 21.1. The zero-order valence-electron chi connectivity index (χ0n) is 15.6. The topological polar surface area (TPSA) is 76.2 Å². The minimum absolute atomic E-state index is 0. The van der Waals surface area contributed by atoms with Crippen LogP contribution in [0.1, 0.15) is 35.7 Å². The van der Waals surface area contributed by atoms with Gasteiger partial charge in [-0.05, 0) is 31.9 Å². The zero-order chi connectivity index (χ0) is 18.7. The maximum absolute atomic E-state index is 13.0. The Bertz CT molecular complexity index is 703. The summed E-state index contributed by atoms with van der Waals surface area (Å²) < 4.78 is 10.6. The van der Waals surface area contributed by atoms with E-state index in [1.807, 2.05) is 17.9 Å². The summed E-state index contributed by atoms with van der Waals surface area (Å²) in [6.45, 7) is 4.03. The Kier molecular flexibility index (Phi) is 7.12. The summed E-state index contributed by atoms with van der Waals surface area (Å²) in [5, 5.41) is 0. The number of rotatable bonds is 3. The van der Waals surface area contributed by atoms with Gasteiger partial charge in [0.1, 0.15) is 12.4 Å². The number of esters is 1. The van der Waals surface area contributed by atoms with E-state index in [0.29, 0.717) is 50.4 Å². The lowest BCUT2D eigenvalue weighted by atomic mass is 9.94. The highest BCUT2D eigenvalue weighted by atomic mass is 32.1. The van der Waals surface area contributed by atoms with Crippen LogP contribution >= 0.6 is 13.5 Å². The monoisotopic (exact) mass is 394 g/mol. The van der Waals surface area contributed by atoms with E-state index in [0.717, 1.165) is 12.0 Å². The lowest BCUT2D eigenvalue weighted by Gasteiger charge is -2.34. The fourth-order valence-corrected chi connectivity index (χ4v) is 3.49. The Labute approximate surface area is 166 Å². The van der Waals surface area contributed by atoms with E-state index in [4.69, 9.17) is 9.47 Å². The number of nitrogens with zero attached hydrogens (tertiary/aromatic N) is 2. The standard InChI is InChI=1S/C19H24N2O5.H2S/c1-13-11-26-17-9-15(19(24)25-2)3-4-16(17)10-21(13)18(23)14-5-7-20(12-22)8-6-14;/h3-4,9,12-14H,5-8,10-11H2,1-2H3;1H2/t13-;/m0./s1. The maximum Gasteiger partial charge on any atom is 0.337 e. The minimum Gasteiger partial charge on any atom is -0.491 e. The van der Waals surface area contributed by atoms with Crippen LogP contribution in [0, 0.1) is 5.92 Å². The molecule has 1 atom stereocenters. The second kappa shape index (κ2) is 9.12. The molecule has 1 aromatic carbocycles. The molecule has 2 heterocycles. The van der Waals surface area contributed by atoms with E-state index in [2.05, 4.69) is 0 Å². The fourth-order valence-electron chi connectivity index (χ4n) is 3.49. The zero-order valence-corrected chi connectivity index (χ0v) is 16.6. The number of hydrogen-bond donors (Lipinski definition) is 0. The summed E-state index contributed by atoms with van der Waals surface area (Å²) in [5.41, 5.74) is 1.31. The van der Waals surface area contributed by atoms with Crippen molar-refractivity contribution in [2.45, 2.75) is 32.4 Å². The van der Waals surface area contributed by atoms with E-state index < -0.39 is 5.97 Å². The molecule has 2 amide bonds. The molecule has 0 aromatic heterocycles. The van der Waals surface area contributed by atoms with Gasteiger partial charge < -0.3 is 19.3 Å². The summed E-state index contributed by atoms with van der Waals surface area (Å²) in [6, 6.07) is 5.11. The molecule has 0 bridgehead atoms. The second-order valence-electron chi connectivity index (χ2n) is 6.86. The number of methoxy groups -OCH3 is 1. The Balaban J connectivity index is 0.00000261. The smallest absolute Gasteiger partial charge is 0.337 e. The number of fused-ring (bicyclic) bond motifs is 1. The molecule has 0 aliphatic carbocycles. The van der Waals surface area contributed by atoms with Crippen molar-refractivity contribution < 1.29 is 23.9 Å². The van der Waals surface area contributed by atoms with E-state index >= 15 is 0 Å². The Hall–Kier alpha value is -2.22. The van der Waals surface area contributed by atoms with Crippen LogP contribution in [0.25, 0.3) is 0 Å². The van der Waals surface area contributed by atoms with Gasteiger partial charge in [-0.15, -0.1) is 0 Å². The highest BCUT2D eigenvalue weighted by molar-refractivity contribution is 7.59. The molecule has 2 aliphatic heterocycles. The van der Waals surface area contributed by atoms with Crippen LogP contribution in [0.5, 0.6) is 5.75 Å². The summed E-state index contributed by atoms with van der Waals surface area (Å²) in [4.78, 5) is 39.2. The first-order valence-corrected chi connectivity index (χ1v) is 8.87. The van der Waals surface area contributed by atoms with Gasteiger partial charge in [0.15, 0.2) is 0 Å². The molecule has 0 N–H and O–H groups in total. The van der Waals surface area contributed by atoms with Crippen LogP contribution in [0.2, 0.25) is 0 Å². The number of ether oxygens (including phenoxy) is 2. The van der Waals surface area contributed by atoms with Crippen LogP contribution < -0.4 is 4.74 Å². The van der Waals surface area contributed by atoms with Crippen LogP contribution in [-0.4, -0.2) is 60.9 Å². The number of piperidine rings is 1. The average molecular weight is 394 g/mol. The number of amides is 2. The molecular weight excluding hydrogens is 368 g/mol. The van der Waals surface area contributed by atoms with E-state index in [-0.39, 0.29) is 31.4 Å². The summed E-state index contributed by atoms with van der Waals surface area (Å²) >= 11 is 0. The van der Waals surface area contributed by atoms with Gasteiger partial charge in [-0.1, -0.05) is 6.07 Å². The van der Waals surface area contributed by atoms with Crippen LogP contribution in [0.3, 0.4) is 0 Å². The normalized spacial score (nSPS) is 19.9. The molecule has 0 unspecified atom stereocenters. The molecule has 0 saturated carbocycles. The summed E-state index contributed by atoms with van der Waals surface area (Å²) in [7, 11) is 1.34. The molecule has 148 valence electrons. The van der Waals surface area contributed by atoms with E-state index in [1.54, 1.807) is 17.0 Å². The fraction of sp³-hybridized carbons (Fsp3) is 0.526. The number of likely N-dealkylation sites (tertiary alicyclic amines) is 1. The Morgan fingerprint density at radius 1 is 1.26 bits per heavy atom. The Morgan fingerprint density at radius 3 is 2.59 bits per heavy atom. The number of carbonyl (C=O) groups excluding carboxylic acids is 3. The highest BCUT2D eigenvalue weighted by Crippen LogP contribution is 2.29. The lowest BCUT2D eigenvalue weighted by molar-refractivity contribution is -0.141. The molecule has 8 heteroatoms. The molecular formula is C19H26N2O5S. The molecule has 0 radical (unpaired) electrons. The molecule has 27 heavy (non-hydrogen) atoms. The van der Waals surface area contributed by atoms with Crippen molar-refractivity contribution in [2.24, 2.45) is 5.92 Å². The van der Waals surface area contributed by atoms with Gasteiger partial charge in [0.05, 0.1) is 18.7 Å². The van der Waals surface area contributed by atoms with E-state index in [1.165, 1.54) is 7.11 Å². The minimum atomic E-state index is -0.413. The SMILES string of the molecule is COC(=O)c1ccc2c(c1)OC[C@H](C)N(C(=O)C1CCN(C=O)CC1)C2.S. The van der Waals surface area contributed by atoms with Gasteiger partial charge in [0.25, 0.3) is 0 Å². The molecule has 3 rings (SSSR count). The second-order valence-corrected chi connectivity index (χ2v) is 6.86. The molecule has 1 fully saturated rings.